The SMILES string of the molecule is CC1=Nc2ccccc2/C1=C/c1[nH]c(=S)n(C)c1O. The molecule has 1 aromatic carbocycles. The van der Waals surface area contributed by atoms with Crippen molar-refractivity contribution in [3.05, 3.63) is 40.3 Å². The van der Waals surface area contributed by atoms with E-state index in [0.29, 0.717) is 10.5 Å². The first-order valence-electron chi connectivity index (χ1n) is 5.92. The highest BCUT2D eigenvalue weighted by molar-refractivity contribution is 7.71. The molecule has 0 saturated heterocycles. The lowest BCUT2D eigenvalue weighted by Crippen LogP contribution is -1.90. The Balaban J connectivity index is 2.17. The fourth-order valence-electron chi connectivity index (χ4n) is 2.19. The van der Waals surface area contributed by atoms with Crippen LogP contribution in [0.1, 0.15) is 18.2 Å². The van der Waals surface area contributed by atoms with Crippen LogP contribution in [0, 0.1) is 4.77 Å². The molecular weight excluding hydrogens is 258 g/mol. The van der Waals surface area contributed by atoms with Gasteiger partial charge in [-0.1, -0.05) is 18.2 Å². The number of H-pyrrole nitrogens is 1. The Bertz CT molecular complexity index is 780. The van der Waals surface area contributed by atoms with E-state index in [1.165, 1.54) is 4.57 Å². The Morgan fingerprint density at radius 1 is 1.37 bits per heavy atom. The molecule has 1 aliphatic rings. The molecule has 0 unspecified atom stereocenters. The van der Waals surface area contributed by atoms with Crippen LogP contribution in [0.3, 0.4) is 0 Å². The van der Waals surface area contributed by atoms with Gasteiger partial charge in [0.05, 0.1) is 5.69 Å². The molecule has 5 heteroatoms. The first-order valence-corrected chi connectivity index (χ1v) is 6.33. The van der Waals surface area contributed by atoms with Gasteiger partial charge in [-0.3, -0.25) is 9.56 Å². The monoisotopic (exact) mass is 271 g/mol. The second-order valence-electron chi connectivity index (χ2n) is 4.50. The van der Waals surface area contributed by atoms with E-state index < -0.39 is 0 Å². The lowest BCUT2D eigenvalue weighted by atomic mass is 10.0. The van der Waals surface area contributed by atoms with Crippen molar-refractivity contribution in [2.45, 2.75) is 6.92 Å². The molecule has 4 nitrogen and oxygen atoms in total. The number of aromatic hydroxyl groups is 1. The van der Waals surface area contributed by atoms with Crippen LogP contribution in [-0.4, -0.2) is 20.4 Å². The number of aromatic nitrogens is 2. The highest BCUT2D eigenvalue weighted by Crippen LogP contribution is 2.36. The summed E-state index contributed by atoms with van der Waals surface area (Å²) in [5.74, 6) is 0.134. The van der Waals surface area contributed by atoms with Gasteiger partial charge in [0.15, 0.2) is 4.77 Å². The fraction of sp³-hybridized carbons (Fsp3) is 0.143. The zero-order valence-electron chi connectivity index (χ0n) is 10.6. The molecule has 19 heavy (non-hydrogen) atoms. The van der Waals surface area contributed by atoms with Crippen molar-refractivity contribution >= 4 is 35.3 Å². The number of hydrogen-bond donors (Lipinski definition) is 2. The van der Waals surface area contributed by atoms with Crippen molar-refractivity contribution in [2.24, 2.45) is 12.0 Å². The van der Waals surface area contributed by atoms with Gasteiger partial charge in [0.25, 0.3) is 0 Å². The van der Waals surface area contributed by atoms with Crippen LogP contribution in [0.2, 0.25) is 0 Å². The van der Waals surface area contributed by atoms with Crippen molar-refractivity contribution in [3.63, 3.8) is 0 Å². The van der Waals surface area contributed by atoms with E-state index in [0.717, 1.165) is 22.5 Å². The summed E-state index contributed by atoms with van der Waals surface area (Å²) in [6, 6.07) is 7.95. The van der Waals surface area contributed by atoms with Gasteiger partial charge in [-0.2, -0.15) is 0 Å². The van der Waals surface area contributed by atoms with Crippen LogP contribution < -0.4 is 0 Å². The maximum absolute atomic E-state index is 9.99. The molecule has 0 aliphatic carbocycles. The summed E-state index contributed by atoms with van der Waals surface area (Å²) in [6.07, 6.45) is 1.88. The maximum Gasteiger partial charge on any atom is 0.217 e. The summed E-state index contributed by atoms with van der Waals surface area (Å²) in [5.41, 5.74) is 4.57. The van der Waals surface area contributed by atoms with Gasteiger partial charge in [-0.05, 0) is 31.3 Å². The molecule has 0 amide bonds. The number of hydrogen-bond acceptors (Lipinski definition) is 3. The van der Waals surface area contributed by atoms with E-state index in [2.05, 4.69) is 9.98 Å². The van der Waals surface area contributed by atoms with Gasteiger partial charge in [-0.25, -0.2) is 0 Å². The Morgan fingerprint density at radius 2 is 2.11 bits per heavy atom. The van der Waals surface area contributed by atoms with Crippen molar-refractivity contribution < 1.29 is 5.11 Å². The number of fused-ring (bicyclic) bond motifs is 1. The number of para-hydroxylation sites is 1. The molecule has 0 radical (unpaired) electrons. The van der Waals surface area contributed by atoms with Crippen LogP contribution >= 0.6 is 12.2 Å². The largest absolute Gasteiger partial charge is 0.493 e. The summed E-state index contributed by atoms with van der Waals surface area (Å²) >= 11 is 5.10. The quantitative estimate of drug-likeness (QED) is 0.781. The maximum atomic E-state index is 9.99. The van der Waals surface area contributed by atoms with E-state index >= 15 is 0 Å². The summed E-state index contributed by atoms with van der Waals surface area (Å²) < 4.78 is 2.03. The van der Waals surface area contributed by atoms with E-state index in [1.807, 2.05) is 37.3 Å². The second-order valence-corrected chi connectivity index (χ2v) is 4.89. The number of aromatic amines is 1. The van der Waals surface area contributed by atoms with Crippen LogP contribution in [-0.2, 0) is 7.05 Å². The van der Waals surface area contributed by atoms with Crippen molar-refractivity contribution in [1.29, 1.82) is 0 Å². The number of nitrogens with zero attached hydrogens (tertiary/aromatic N) is 2. The van der Waals surface area contributed by atoms with E-state index in [4.69, 9.17) is 12.2 Å². The third kappa shape index (κ3) is 1.82. The zero-order valence-corrected chi connectivity index (χ0v) is 11.5. The second kappa shape index (κ2) is 4.20. The fourth-order valence-corrected chi connectivity index (χ4v) is 2.39. The van der Waals surface area contributed by atoms with Gasteiger partial charge in [0.1, 0.15) is 5.69 Å². The van der Waals surface area contributed by atoms with Crippen LogP contribution in [0.5, 0.6) is 5.88 Å². The van der Waals surface area contributed by atoms with Gasteiger partial charge in [0, 0.05) is 23.9 Å². The van der Waals surface area contributed by atoms with Gasteiger partial charge in [-0.15, -0.1) is 0 Å². The third-order valence-corrected chi connectivity index (χ3v) is 3.64. The lowest BCUT2D eigenvalue weighted by molar-refractivity contribution is 0.430. The van der Waals surface area contributed by atoms with E-state index in [9.17, 15) is 5.11 Å². The molecule has 2 heterocycles. The lowest BCUT2D eigenvalue weighted by Gasteiger charge is -2.01. The van der Waals surface area contributed by atoms with E-state index in [-0.39, 0.29) is 5.88 Å². The molecule has 0 bridgehead atoms. The minimum Gasteiger partial charge on any atom is -0.493 e. The van der Waals surface area contributed by atoms with Crippen LogP contribution in [0.15, 0.2) is 29.3 Å². The standard InChI is InChI=1S/C14H13N3OS/c1-8-10(9-5-3-4-6-11(9)15-8)7-12-13(18)17(2)14(19)16-12/h3-7,18H,1-2H3,(H,16,19)/b10-7+. The molecule has 1 aliphatic heterocycles. The molecule has 1 aromatic heterocycles. The molecule has 0 atom stereocenters. The van der Waals surface area contributed by atoms with Crippen molar-refractivity contribution in [3.8, 4) is 5.88 Å². The van der Waals surface area contributed by atoms with Crippen molar-refractivity contribution in [1.82, 2.24) is 9.55 Å². The summed E-state index contributed by atoms with van der Waals surface area (Å²) in [5, 5.41) is 9.99. The molecule has 2 N–H and O–H groups in total. The molecule has 0 spiro atoms. The Labute approximate surface area is 115 Å². The molecule has 2 aromatic rings. The molecule has 3 rings (SSSR count). The third-order valence-electron chi connectivity index (χ3n) is 3.27. The molecule has 96 valence electrons. The predicted octanol–water partition coefficient (Wildman–Crippen LogP) is 3.43. The first-order chi connectivity index (χ1) is 9.08. The Kier molecular flexibility index (Phi) is 2.64. The molecule has 0 fully saturated rings. The predicted molar refractivity (Wildman–Crippen MR) is 79.3 cm³/mol. The average Bonchev–Trinajstić information content (AvgIpc) is 2.83. The minimum absolute atomic E-state index is 0.134. The smallest absolute Gasteiger partial charge is 0.217 e. The Hall–Kier alpha value is -2.14. The number of rotatable bonds is 1. The van der Waals surface area contributed by atoms with Crippen LogP contribution in [0.25, 0.3) is 11.6 Å². The number of allylic oxidation sites excluding steroid dienone is 1. The van der Waals surface area contributed by atoms with Crippen molar-refractivity contribution in [2.75, 3.05) is 0 Å². The normalized spacial score (nSPS) is 15.7. The number of aliphatic imine (C=N–C) groups is 1. The first kappa shape index (κ1) is 11.9. The zero-order chi connectivity index (χ0) is 13.6. The molecular formula is C14H13N3OS. The number of benzene rings is 1. The Morgan fingerprint density at radius 3 is 2.79 bits per heavy atom. The highest BCUT2D eigenvalue weighted by atomic mass is 32.1. The minimum atomic E-state index is 0.134. The van der Waals surface area contributed by atoms with Gasteiger partial charge >= 0.3 is 0 Å². The number of nitrogens with one attached hydrogen (secondary N) is 1. The van der Waals surface area contributed by atoms with Crippen LogP contribution in [0.4, 0.5) is 5.69 Å². The summed E-state index contributed by atoms with van der Waals surface area (Å²) in [6.45, 7) is 1.96. The number of imidazole rings is 1. The van der Waals surface area contributed by atoms with Gasteiger partial charge < -0.3 is 10.1 Å². The summed E-state index contributed by atoms with van der Waals surface area (Å²) in [7, 11) is 1.72. The van der Waals surface area contributed by atoms with E-state index in [1.54, 1.807) is 7.05 Å². The highest BCUT2D eigenvalue weighted by Gasteiger charge is 2.18. The summed E-state index contributed by atoms with van der Waals surface area (Å²) in [4.78, 5) is 7.50. The van der Waals surface area contributed by atoms with Gasteiger partial charge in [0.2, 0.25) is 5.88 Å². The molecule has 0 saturated carbocycles. The average molecular weight is 271 g/mol. The topological polar surface area (TPSA) is 53.3 Å².